The molecular weight excluding hydrogens is 318 g/mol. The first kappa shape index (κ1) is 14.0. The van der Waals surface area contributed by atoms with E-state index in [1.54, 1.807) is 0 Å². The van der Waals surface area contributed by atoms with Crippen LogP contribution in [0.15, 0.2) is 85.0 Å². The number of hydrogen-bond acceptors (Lipinski definition) is 1. The number of aromatic nitrogens is 1. The van der Waals surface area contributed by atoms with Gasteiger partial charge in [-0.15, -0.1) is 0 Å². The average Bonchev–Trinajstić information content (AvgIpc) is 3.25. The van der Waals surface area contributed by atoms with E-state index in [9.17, 15) is 0 Å². The molecule has 6 rings (SSSR count). The second-order valence-electron chi connectivity index (χ2n) is 7.06. The fourth-order valence-electron chi connectivity index (χ4n) is 4.25. The smallest absolute Gasteiger partial charge is 0.128 e. The molecule has 2 unspecified atom stereocenters. The van der Waals surface area contributed by atoms with Gasteiger partial charge in [-0.3, -0.25) is 0 Å². The van der Waals surface area contributed by atoms with Crippen molar-refractivity contribution in [2.24, 2.45) is 0 Å². The van der Waals surface area contributed by atoms with Crippen molar-refractivity contribution in [3.63, 3.8) is 0 Å². The maximum Gasteiger partial charge on any atom is 0.128 e. The third-order valence-corrected chi connectivity index (χ3v) is 5.56. The van der Waals surface area contributed by atoms with Crippen molar-refractivity contribution in [2.45, 2.75) is 12.0 Å². The average molecular weight is 335 g/mol. The molecule has 3 aromatic carbocycles. The van der Waals surface area contributed by atoms with Gasteiger partial charge in [0.15, 0.2) is 0 Å². The van der Waals surface area contributed by atoms with Crippen molar-refractivity contribution in [1.82, 2.24) is 4.98 Å². The van der Waals surface area contributed by atoms with Crippen molar-refractivity contribution >= 4 is 21.8 Å². The van der Waals surface area contributed by atoms with E-state index in [4.69, 9.17) is 4.74 Å². The van der Waals surface area contributed by atoms with E-state index in [0.717, 1.165) is 5.75 Å². The molecule has 0 amide bonds. The van der Waals surface area contributed by atoms with Crippen molar-refractivity contribution < 1.29 is 4.74 Å². The highest BCUT2D eigenvalue weighted by molar-refractivity contribution is 6.08. The highest BCUT2D eigenvalue weighted by Gasteiger charge is 2.32. The number of benzene rings is 3. The lowest BCUT2D eigenvalue weighted by molar-refractivity contribution is 0.269. The van der Waals surface area contributed by atoms with Gasteiger partial charge in [-0.25, -0.2) is 0 Å². The van der Waals surface area contributed by atoms with Crippen molar-refractivity contribution in [3.05, 3.63) is 90.5 Å². The van der Waals surface area contributed by atoms with Gasteiger partial charge in [-0.05, 0) is 47.5 Å². The maximum absolute atomic E-state index is 6.07. The molecule has 1 aromatic heterocycles. The van der Waals surface area contributed by atoms with Gasteiger partial charge >= 0.3 is 0 Å². The number of H-pyrrole nitrogens is 1. The summed E-state index contributed by atoms with van der Waals surface area (Å²) in [5, 5.41) is 2.54. The Morgan fingerprint density at radius 1 is 0.731 bits per heavy atom. The minimum absolute atomic E-state index is 0.140. The molecule has 1 aliphatic heterocycles. The molecule has 0 bridgehead atoms. The summed E-state index contributed by atoms with van der Waals surface area (Å²) in [5.41, 5.74) is 6.13. The molecule has 2 aliphatic rings. The van der Waals surface area contributed by atoms with Crippen LogP contribution in [0, 0.1) is 0 Å². The second kappa shape index (κ2) is 5.12. The van der Waals surface area contributed by atoms with E-state index in [0.29, 0.717) is 5.92 Å². The van der Waals surface area contributed by atoms with Crippen molar-refractivity contribution in [2.75, 3.05) is 0 Å². The van der Waals surface area contributed by atoms with Gasteiger partial charge < -0.3 is 9.72 Å². The molecule has 2 heteroatoms. The Labute approximate surface area is 151 Å². The van der Waals surface area contributed by atoms with Crippen molar-refractivity contribution in [3.8, 4) is 16.9 Å². The predicted octanol–water partition coefficient (Wildman–Crippen LogP) is 5.96. The Hall–Kier alpha value is -3.26. The van der Waals surface area contributed by atoms with Gasteiger partial charge in [-0.2, -0.15) is 0 Å². The Morgan fingerprint density at radius 2 is 1.54 bits per heavy atom. The van der Waals surface area contributed by atoms with Crippen LogP contribution < -0.4 is 4.74 Å². The second-order valence-corrected chi connectivity index (χ2v) is 7.06. The van der Waals surface area contributed by atoms with E-state index in [1.807, 2.05) is 0 Å². The molecule has 4 aromatic rings. The third kappa shape index (κ3) is 1.93. The van der Waals surface area contributed by atoms with E-state index in [-0.39, 0.29) is 6.10 Å². The molecule has 2 heterocycles. The fraction of sp³-hybridized carbons (Fsp3) is 0.0833. The van der Waals surface area contributed by atoms with Gasteiger partial charge in [0.1, 0.15) is 11.9 Å². The monoisotopic (exact) mass is 335 g/mol. The van der Waals surface area contributed by atoms with Crippen LogP contribution in [0.1, 0.15) is 11.5 Å². The van der Waals surface area contributed by atoms with Crippen LogP contribution in [0.25, 0.3) is 32.9 Å². The molecule has 0 fully saturated rings. The lowest BCUT2D eigenvalue weighted by Gasteiger charge is -2.14. The van der Waals surface area contributed by atoms with Gasteiger partial charge in [0.25, 0.3) is 0 Å². The summed E-state index contributed by atoms with van der Waals surface area (Å²) in [5.74, 6) is 1.33. The first-order valence-electron chi connectivity index (χ1n) is 9.03. The zero-order chi connectivity index (χ0) is 17.1. The van der Waals surface area contributed by atoms with Gasteiger partial charge in [0.2, 0.25) is 0 Å². The van der Waals surface area contributed by atoms with Crippen LogP contribution in [-0.2, 0) is 0 Å². The molecule has 0 spiro atoms. The largest absolute Gasteiger partial charge is 0.485 e. The Morgan fingerprint density at radius 3 is 2.54 bits per heavy atom. The molecule has 0 saturated heterocycles. The number of nitrogens with one attached hydrogen (secondary N) is 1. The Kier molecular flexibility index (Phi) is 2.75. The summed E-state index contributed by atoms with van der Waals surface area (Å²) < 4.78 is 6.07. The van der Waals surface area contributed by atoms with Gasteiger partial charge in [0.05, 0.1) is 0 Å². The zero-order valence-corrected chi connectivity index (χ0v) is 14.1. The summed E-state index contributed by atoms with van der Waals surface area (Å²) in [6, 6.07) is 21.7. The molecule has 124 valence electrons. The standard InChI is InChI=1S/C24H17NO/c1-3-7-21-17(5-1)19-13-15(9-11-22(19)25-21)16-10-12-24-20(14-16)18-6-2-4-8-23(18)26-24/h1-14,18,23,25H. The molecule has 26 heavy (non-hydrogen) atoms. The van der Waals surface area contributed by atoms with E-state index in [2.05, 4.69) is 90.0 Å². The summed E-state index contributed by atoms with van der Waals surface area (Å²) in [7, 11) is 0. The van der Waals surface area contributed by atoms with Crippen LogP contribution >= 0.6 is 0 Å². The Balaban J connectivity index is 1.51. The number of allylic oxidation sites excluding steroid dienone is 2. The van der Waals surface area contributed by atoms with Crippen LogP contribution in [0.3, 0.4) is 0 Å². The maximum atomic E-state index is 6.07. The molecular formula is C24H17NO. The molecule has 1 aliphatic carbocycles. The number of para-hydroxylation sites is 1. The molecule has 2 nitrogen and oxygen atoms in total. The van der Waals surface area contributed by atoms with E-state index < -0.39 is 0 Å². The molecule has 2 atom stereocenters. The minimum Gasteiger partial charge on any atom is -0.485 e. The van der Waals surface area contributed by atoms with E-state index >= 15 is 0 Å². The minimum atomic E-state index is 0.140. The van der Waals surface area contributed by atoms with Gasteiger partial charge in [0, 0.05) is 33.3 Å². The fourth-order valence-corrected chi connectivity index (χ4v) is 4.25. The Bertz CT molecular complexity index is 1230. The predicted molar refractivity (Wildman–Crippen MR) is 107 cm³/mol. The van der Waals surface area contributed by atoms with Gasteiger partial charge in [-0.1, -0.05) is 48.6 Å². The highest BCUT2D eigenvalue weighted by atomic mass is 16.5. The summed E-state index contributed by atoms with van der Waals surface area (Å²) in [6.45, 7) is 0. The summed E-state index contributed by atoms with van der Waals surface area (Å²) in [6.07, 6.45) is 8.70. The first-order valence-corrected chi connectivity index (χ1v) is 9.03. The lowest BCUT2D eigenvalue weighted by atomic mass is 9.90. The lowest BCUT2D eigenvalue weighted by Crippen LogP contribution is -2.15. The number of aromatic amines is 1. The molecule has 0 radical (unpaired) electrons. The highest BCUT2D eigenvalue weighted by Crippen LogP contribution is 2.43. The van der Waals surface area contributed by atoms with Crippen LogP contribution in [0.5, 0.6) is 5.75 Å². The normalized spacial score (nSPS) is 20.3. The first-order chi connectivity index (χ1) is 12.9. The SMILES string of the molecule is C1=CC2Oc3ccc(-c4ccc5[nH]c6ccccc6c5c4)cc3C2C=C1. The number of fused-ring (bicyclic) bond motifs is 6. The van der Waals surface area contributed by atoms with Crippen LogP contribution in [0.4, 0.5) is 0 Å². The van der Waals surface area contributed by atoms with E-state index in [1.165, 1.54) is 38.5 Å². The summed E-state index contributed by atoms with van der Waals surface area (Å²) >= 11 is 0. The van der Waals surface area contributed by atoms with Crippen molar-refractivity contribution in [1.29, 1.82) is 0 Å². The number of rotatable bonds is 1. The third-order valence-electron chi connectivity index (χ3n) is 5.56. The quantitative estimate of drug-likeness (QED) is 0.456. The molecule has 0 saturated carbocycles. The van der Waals surface area contributed by atoms with Crippen LogP contribution in [0.2, 0.25) is 0 Å². The zero-order valence-electron chi connectivity index (χ0n) is 14.1. The number of hydrogen-bond donors (Lipinski definition) is 1. The number of ether oxygens (including phenoxy) is 1. The molecule has 1 N–H and O–H groups in total. The summed E-state index contributed by atoms with van der Waals surface area (Å²) in [4.78, 5) is 3.50. The topological polar surface area (TPSA) is 25.0 Å². The van der Waals surface area contributed by atoms with Crippen LogP contribution in [-0.4, -0.2) is 11.1 Å².